The molecule has 0 aliphatic carbocycles. The first-order chi connectivity index (χ1) is 19.7. The van der Waals surface area contributed by atoms with Gasteiger partial charge in [0.25, 0.3) is 0 Å². The van der Waals surface area contributed by atoms with Crippen LogP contribution >= 0.6 is 0 Å². The van der Waals surface area contributed by atoms with Gasteiger partial charge in [-0.05, 0) is 116 Å². The van der Waals surface area contributed by atoms with Gasteiger partial charge in [0.2, 0.25) is 0 Å². The fourth-order valence-corrected chi connectivity index (χ4v) is 6.41. The molecular weight excluding hydrogens is 480 g/mol. The van der Waals surface area contributed by atoms with Crippen molar-refractivity contribution >= 4 is 32.3 Å². The maximum Gasteiger partial charge on any atom is -0.00264 e. The van der Waals surface area contributed by atoms with E-state index in [2.05, 4.69) is 111 Å². The second-order valence-electron chi connectivity index (χ2n) is 11.7. The first kappa shape index (κ1) is 26.6. The molecule has 6 aromatic rings. The molecule has 0 aromatic heterocycles. The van der Waals surface area contributed by atoms with Crippen molar-refractivity contribution in [2.45, 2.75) is 78.1 Å². The van der Waals surface area contributed by atoms with E-state index in [1.54, 1.807) is 0 Å². The van der Waals surface area contributed by atoms with Gasteiger partial charge in [0.15, 0.2) is 0 Å². The Balaban J connectivity index is 1.27. The summed E-state index contributed by atoms with van der Waals surface area (Å²) in [6, 6.07) is 37.3. The standard InChI is InChI=1S/C40H42/c1-3-5-7-9-11-29-13-17-31(18-14-29)37-25-33-21-23-35-27-38(28-36-24-22-34(26-37)39(33)40(35)36)32-19-15-30(16-20-32)12-10-8-6-4-2/h13-28H,3-12H2,1-2H3. The van der Waals surface area contributed by atoms with Crippen molar-refractivity contribution in [2.24, 2.45) is 0 Å². The lowest BCUT2D eigenvalue weighted by Crippen LogP contribution is -1.89. The lowest BCUT2D eigenvalue weighted by Gasteiger charge is -2.15. The molecule has 0 saturated heterocycles. The summed E-state index contributed by atoms with van der Waals surface area (Å²) in [5, 5.41) is 8.09. The molecule has 40 heavy (non-hydrogen) atoms. The van der Waals surface area contributed by atoms with Gasteiger partial charge in [-0.25, -0.2) is 0 Å². The molecule has 0 aliphatic heterocycles. The van der Waals surface area contributed by atoms with Crippen molar-refractivity contribution < 1.29 is 0 Å². The minimum Gasteiger partial charge on any atom is -0.0654 e. The van der Waals surface area contributed by atoms with Gasteiger partial charge in [-0.15, -0.1) is 0 Å². The molecule has 0 fully saturated rings. The third-order valence-electron chi connectivity index (χ3n) is 8.75. The summed E-state index contributed by atoms with van der Waals surface area (Å²) in [5.74, 6) is 0. The maximum absolute atomic E-state index is 2.38. The van der Waals surface area contributed by atoms with E-state index in [1.807, 2.05) is 0 Å². The fourth-order valence-electron chi connectivity index (χ4n) is 6.41. The summed E-state index contributed by atoms with van der Waals surface area (Å²) >= 11 is 0. The van der Waals surface area contributed by atoms with E-state index in [0.29, 0.717) is 0 Å². The first-order valence-corrected chi connectivity index (χ1v) is 15.6. The number of hydrogen-bond donors (Lipinski definition) is 0. The molecule has 0 atom stereocenters. The summed E-state index contributed by atoms with van der Waals surface area (Å²) < 4.78 is 0. The summed E-state index contributed by atoms with van der Waals surface area (Å²) in [7, 11) is 0. The maximum atomic E-state index is 2.38. The van der Waals surface area contributed by atoms with Gasteiger partial charge in [-0.3, -0.25) is 0 Å². The molecule has 6 aromatic carbocycles. The van der Waals surface area contributed by atoms with E-state index < -0.39 is 0 Å². The molecule has 0 amide bonds. The van der Waals surface area contributed by atoms with Gasteiger partial charge in [0, 0.05) is 0 Å². The molecule has 0 aliphatic rings. The van der Waals surface area contributed by atoms with E-state index in [9.17, 15) is 0 Å². The Labute approximate surface area is 240 Å². The number of rotatable bonds is 12. The van der Waals surface area contributed by atoms with Crippen molar-refractivity contribution in [1.29, 1.82) is 0 Å². The number of benzene rings is 6. The van der Waals surface area contributed by atoms with E-state index in [4.69, 9.17) is 0 Å². The van der Waals surface area contributed by atoms with Crippen LogP contribution in [-0.4, -0.2) is 0 Å². The normalized spacial score (nSPS) is 11.8. The zero-order valence-electron chi connectivity index (χ0n) is 24.3. The van der Waals surface area contributed by atoms with Crippen LogP contribution in [0.25, 0.3) is 54.6 Å². The summed E-state index contributed by atoms with van der Waals surface area (Å²) in [4.78, 5) is 0. The zero-order chi connectivity index (χ0) is 27.3. The molecule has 202 valence electrons. The molecule has 0 heterocycles. The Hall–Kier alpha value is -3.64. The second kappa shape index (κ2) is 12.3. The van der Waals surface area contributed by atoms with Crippen LogP contribution in [0.15, 0.2) is 97.1 Å². The number of aryl methyl sites for hydroxylation is 2. The van der Waals surface area contributed by atoms with Crippen LogP contribution < -0.4 is 0 Å². The van der Waals surface area contributed by atoms with Gasteiger partial charge in [0.05, 0.1) is 0 Å². The molecule has 0 N–H and O–H groups in total. The highest BCUT2D eigenvalue weighted by Gasteiger charge is 2.12. The van der Waals surface area contributed by atoms with Crippen molar-refractivity contribution in [1.82, 2.24) is 0 Å². The number of unbranched alkanes of at least 4 members (excludes halogenated alkanes) is 6. The monoisotopic (exact) mass is 522 g/mol. The fraction of sp³-hybridized carbons (Fsp3) is 0.300. The summed E-state index contributed by atoms with van der Waals surface area (Å²) in [6.45, 7) is 4.55. The van der Waals surface area contributed by atoms with Crippen LogP contribution in [0, 0.1) is 0 Å². The van der Waals surface area contributed by atoms with E-state index in [-0.39, 0.29) is 0 Å². The topological polar surface area (TPSA) is 0 Å². The highest BCUT2D eigenvalue weighted by Crippen LogP contribution is 2.39. The number of hydrogen-bond acceptors (Lipinski definition) is 0. The second-order valence-corrected chi connectivity index (χ2v) is 11.7. The molecule has 0 radical (unpaired) electrons. The smallest absolute Gasteiger partial charge is 0.00264 e. The third-order valence-corrected chi connectivity index (χ3v) is 8.75. The van der Waals surface area contributed by atoms with Crippen LogP contribution in [0.2, 0.25) is 0 Å². The predicted octanol–water partition coefficient (Wildman–Crippen LogP) is 12.2. The summed E-state index contributed by atoms with van der Waals surface area (Å²) in [6.07, 6.45) is 12.9. The molecular formula is C40H42. The van der Waals surface area contributed by atoms with Gasteiger partial charge >= 0.3 is 0 Å². The Morgan fingerprint density at radius 3 is 1.02 bits per heavy atom. The van der Waals surface area contributed by atoms with Gasteiger partial charge in [0.1, 0.15) is 0 Å². The van der Waals surface area contributed by atoms with Crippen LogP contribution in [0.1, 0.15) is 76.3 Å². The lowest BCUT2D eigenvalue weighted by molar-refractivity contribution is 0.667. The Morgan fingerprint density at radius 1 is 0.350 bits per heavy atom. The van der Waals surface area contributed by atoms with Crippen molar-refractivity contribution in [3.05, 3.63) is 108 Å². The van der Waals surface area contributed by atoms with E-state index in [1.165, 1.54) is 130 Å². The quantitative estimate of drug-likeness (QED) is 0.111. The average molecular weight is 523 g/mol. The highest BCUT2D eigenvalue weighted by molar-refractivity contribution is 6.24. The summed E-state index contributed by atoms with van der Waals surface area (Å²) in [5.41, 5.74) is 8.13. The molecule has 0 heteroatoms. The van der Waals surface area contributed by atoms with E-state index in [0.717, 1.165) is 0 Å². The Morgan fingerprint density at radius 2 is 0.700 bits per heavy atom. The van der Waals surface area contributed by atoms with E-state index >= 15 is 0 Å². The van der Waals surface area contributed by atoms with Gasteiger partial charge < -0.3 is 0 Å². The molecule has 6 rings (SSSR count). The molecule has 0 saturated carbocycles. The first-order valence-electron chi connectivity index (χ1n) is 15.6. The van der Waals surface area contributed by atoms with Crippen LogP contribution in [-0.2, 0) is 12.8 Å². The Bertz CT molecular complexity index is 1490. The molecule has 0 spiro atoms. The minimum absolute atomic E-state index is 1.19. The van der Waals surface area contributed by atoms with Crippen molar-refractivity contribution in [3.8, 4) is 22.3 Å². The van der Waals surface area contributed by atoms with Crippen LogP contribution in [0.5, 0.6) is 0 Å². The largest absolute Gasteiger partial charge is 0.0654 e. The van der Waals surface area contributed by atoms with Crippen LogP contribution in [0.4, 0.5) is 0 Å². The predicted molar refractivity (Wildman–Crippen MR) is 177 cm³/mol. The van der Waals surface area contributed by atoms with Crippen molar-refractivity contribution in [2.75, 3.05) is 0 Å². The van der Waals surface area contributed by atoms with Gasteiger partial charge in [-0.2, -0.15) is 0 Å². The SMILES string of the molecule is CCCCCCc1ccc(-c2cc3ccc4cc(-c5ccc(CCCCCC)cc5)cc5ccc(c2)c3c45)cc1. The molecule has 0 unspecified atom stereocenters. The zero-order valence-corrected chi connectivity index (χ0v) is 24.3. The van der Waals surface area contributed by atoms with Crippen molar-refractivity contribution in [3.63, 3.8) is 0 Å². The van der Waals surface area contributed by atoms with Gasteiger partial charge in [-0.1, -0.05) is 125 Å². The third kappa shape index (κ3) is 5.64. The minimum atomic E-state index is 1.19. The molecule has 0 nitrogen and oxygen atoms in total. The Kier molecular flexibility index (Phi) is 8.14. The highest BCUT2D eigenvalue weighted by atomic mass is 14.2. The van der Waals surface area contributed by atoms with Crippen LogP contribution in [0.3, 0.4) is 0 Å². The average Bonchev–Trinajstić information content (AvgIpc) is 3.00. The molecule has 0 bridgehead atoms. The lowest BCUT2D eigenvalue weighted by atomic mass is 9.89.